The van der Waals surface area contributed by atoms with Crippen LogP contribution in [0, 0.1) is 17.0 Å². The number of carbonyl (C=O) groups is 1. The van der Waals surface area contributed by atoms with Gasteiger partial charge in [-0.2, -0.15) is 0 Å². The molecule has 0 aliphatic rings. The summed E-state index contributed by atoms with van der Waals surface area (Å²) in [5, 5.41) is 14.9. The number of nitrogens with two attached hydrogens (primary N) is 1. The Morgan fingerprint density at radius 3 is 2.84 bits per heavy atom. The van der Waals surface area contributed by atoms with Gasteiger partial charge < -0.3 is 11.1 Å². The molecule has 7 nitrogen and oxygen atoms in total. The van der Waals surface area contributed by atoms with Crippen LogP contribution in [0.5, 0.6) is 0 Å². The van der Waals surface area contributed by atoms with E-state index >= 15 is 0 Å². The van der Waals surface area contributed by atoms with E-state index in [-0.39, 0.29) is 12.2 Å². The lowest BCUT2D eigenvalue weighted by molar-refractivity contribution is -0.383. The van der Waals surface area contributed by atoms with Crippen LogP contribution in [0.1, 0.15) is 5.69 Å². The molecule has 0 bridgehead atoms. The lowest BCUT2D eigenvalue weighted by Crippen LogP contribution is -2.21. The number of hydrogen-bond acceptors (Lipinski definition) is 5. The van der Waals surface area contributed by atoms with E-state index < -0.39 is 10.8 Å². The summed E-state index contributed by atoms with van der Waals surface area (Å²) in [5.74, 6) is -0.503. The molecule has 7 heteroatoms. The SMILES string of the molecule is Cc1cc2c(NCC(N)=O)ccc([N+](=O)[O-])c2cn1. The Balaban J connectivity index is 2.60. The molecule has 1 amide bonds. The van der Waals surface area contributed by atoms with E-state index in [9.17, 15) is 14.9 Å². The van der Waals surface area contributed by atoms with Crippen molar-refractivity contribution in [1.29, 1.82) is 0 Å². The zero-order valence-electron chi connectivity index (χ0n) is 10.2. The third-order valence-corrected chi connectivity index (χ3v) is 2.66. The van der Waals surface area contributed by atoms with E-state index in [2.05, 4.69) is 10.3 Å². The quantitative estimate of drug-likeness (QED) is 0.636. The predicted molar refractivity (Wildman–Crippen MR) is 70.8 cm³/mol. The molecule has 0 radical (unpaired) electrons. The number of nitro benzene ring substituents is 1. The number of carbonyl (C=O) groups excluding carboxylic acids is 1. The van der Waals surface area contributed by atoms with Crippen LogP contribution in [0.3, 0.4) is 0 Å². The van der Waals surface area contributed by atoms with Crippen LogP contribution in [-0.2, 0) is 4.79 Å². The highest BCUT2D eigenvalue weighted by Crippen LogP contribution is 2.31. The first kappa shape index (κ1) is 12.7. The van der Waals surface area contributed by atoms with E-state index in [1.807, 2.05) is 0 Å². The van der Waals surface area contributed by atoms with Crippen molar-refractivity contribution in [2.24, 2.45) is 5.73 Å². The van der Waals surface area contributed by atoms with Gasteiger partial charge in [-0.25, -0.2) is 0 Å². The number of anilines is 1. The van der Waals surface area contributed by atoms with Gasteiger partial charge in [0.25, 0.3) is 5.69 Å². The summed E-state index contributed by atoms with van der Waals surface area (Å²) in [7, 11) is 0. The molecule has 0 unspecified atom stereocenters. The molecule has 0 aliphatic carbocycles. The first-order valence-electron chi connectivity index (χ1n) is 5.55. The number of nitro groups is 1. The van der Waals surface area contributed by atoms with E-state index in [0.29, 0.717) is 16.5 Å². The summed E-state index contributed by atoms with van der Waals surface area (Å²) in [4.78, 5) is 25.4. The highest BCUT2D eigenvalue weighted by Gasteiger charge is 2.15. The van der Waals surface area contributed by atoms with Crippen molar-refractivity contribution in [2.45, 2.75) is 6.92 Å². The summed E-state index contributed by atoms with van der Waals surface area (Å²) < 4.78 is 0. The fourth-order valence-corrected chi connectivity index (χ4v) is 1.82. The van der Waals surface area contributed by atoms with Gasteiger partial charge in [-0.3, -0.25) is 19.9 Å². The monoisotopic (exact) mass is 260 g/mol. The number of primary amides is 1. The highest BCUT2D eigenvalue weighted by atomic mass is 16.6. The van der Waals surface area contributed by atoms with Crippen LogP contribution in [0.25, 0.3) is 10.8 Å². The number of aromatic nitrogens is 1. The Kier molecular flexibility index (Phi) is 3.28. The van der Waals surface area contributed by atoms with Crippen molar-refractivity contribution in [3.63, 3.8) is 0 Å². The number of pyridine rings is 1. The first-order valence-corrected chi connectivity index (χ1v) is 5.55. The van der Waals surface area contributed by atoms with Crippen LogP contribution in [-0.4, -0.2) is 22.4 Å². The molecule has 1 heterocycles. The molecule has 0 spiro atoms. The maximum Gasteiger partial charge on any atom is 0.278 e. The van der Waals surface area contributed by atoms with Crippen molar-refractivity contribution < 1.29 is 9.72 Å². The zero-order valence-corrected chi connectivity index (χ0v) is 10.2. The highest BCUT2D eigenvalue weighted by molar-refractivity contribution is 6.00. The Bertz CT molecular complexity index is 669. The van der Waals surface area contributed by atoms with Gasteiger partial charge in [0.1, 0.15) is 0 Å². The van der Waals surface area contributed by atoms with Crippen molar-refractivity contribution >= 4 is 28.1 Å². The second kappa shape index (κ2) is 4.89. The van der Waals surface area contributed by atoms with Gasteiger partial charge in [0.05, 0.1) is 16.9 Å². The minimum atomic E-state index is -0.503. The van der Waals surface area contributed by atoms with Gasteiger partial charge in [0.15, 0.2) is 0 Å². The molecule has 2 rings (SSSR count). The third-order valence-electron chi connectivity index (χ3n) is 2.66. The van der Waals surface area contributed by atoms with Crippen molar-refractivity contribution in [3.05, 3.63) is 40.2 Å². The summed E-state index contributed by atoms with van der Waals surface area (Å²) in [5.41, 5.74) is 6.40. The lowest BCUT2D eigenvalue weighted by Gasteiger charge is -2.09. The van der Waals surface area contributed by atoms with Gasteiger partial charge in [0, 0.05) is 29.0 Å². The number of hydrogen-bond donors (Lipinski definition) is 2. The van der Waals surface area contributed by atoms with Crippen molar-refractivity contribution in [3.8, 4) is 0 Å². The minimum Gasteiger partial charge on any atom is -0.376 e. The van der Waals surface area contributed by atoms with Gasteiger partial charge >= 0.3 is 0 Å². The molecule has 98 valence electrons. The molecule has 0 saturated heterocycles. The largest absolute Gasteiger partial charge is 0.376 e. The number of nitrogens with zero attached hydrogens (tertiary/aromatic N) is 2. The summed E-state index contributed by atoms with van der Waals surface area (Å²) in [6.07, 6.45) is 1.46. The number of benzene rings is 1. The number of fused-ring (bicyclic) bond motifs is 1. The van der Waals surface area contributed by atoms with E-state index in [1.54, 1.807) is 19.1 Å². The molecule has 19 heavy (non-hydrogen) atoms. The Labute approximate surface area is 108 Å². The van der Waals surface area contributed by atoms with Crippen molar-refractivity contribution in [1.82, 2.24) is 4.98 Å². The molecule has 0 saturated carbocycles. The molecule has 3 N–H and O–H groups in total. The molecule has 1 aromatic carbocycles. The van der Waals surface area contributed by atoms with Crippen LogP contribution in [0.4, 0.5) is 11.4 Å². The number of nitrogens with one attached hydrogen (secondary N) is 1. The number of non-ortho nitro benzene ring substituents is 1. The third kappa shape index (κ3) is 2.59. The maximum atomic E-state index is 11.0. The van der Waals surface area contributed by atoms with Crippen LogP contribution in [0.15, 0.2) is 24.4 Å². The Morgan fingerprint density at radius 1 is 1.47 bits per heavy atom. The maximum absolute atomic E-state index is 11.0. The van der Waals surface area contributed by atoms with Crippen LogP contribution >= 0.6 is 0 Å². The molecule has 2 aromatic rings. The average molecular weight is 260 g/mol. The molecule has 0 fully saturated rings. The molecular formula is C12H12N4O3. The van der Waals surface area contributed by atoms with Crippen LogP contribution in [0.2, 0.25) is 0 Å². The second-order valence-corrected chi connectivity index (χ2v) is 4.08. The topological polar surface area (TPSA) is 111 Å². The fourth-order valence-electron chi connectivity index (χ4n) is 1.82. The number of amides is 1. The zero-order chi connectivity index (χ0) is 14.0. The minimum absolute atomic E-state index is 0.0212. The van der Waals surface area contributed by atoms with E-state index in [0.717, 1.165) is 5.69 Å². The lowest BCUT2D eigenvalue weighted by atomic mass is 10.1. The molecular weight excluding hydrogens is 248 g/mol. The Hall–Kier alpha value is -2.70. The van der Waals surface area contributed by atoms with E-state index in [1.165, 1.54) is 12.3 Å². The summed E-state index contributed by atoms with van der Waals surface area (Å²) in [6.45, 7) is 1.75. The van der Waals surface area contributed by atoms with Gasteiger partial charge in [-0.1, -0.05) is 0 Å². The van der Waals surface area contributed by atoms with Crippen molar-refractivity contribution in [2.75, 3.05) is 11.9 Å². The van der Waals surface area contributed by atoms with E-state index in [4.69, 9.17) is 5.73 Å². The summed E-state index contributed by atoms with van der Waals surface area (Å²) in [6, 6.07) is 4.66. The first-order chi connectivity index (χ1) is 8.99. The Morgan fingerprint density at radius 2 is 2.21 bits per heavy atom. The molecule has 0 aliphatic heterocycles. The molecule has 1 aromatic heterocycles. The summed E-state index contributed by atoms with van der Waals surface area (Å²) >= 11 is 0. The average Bonchev–Trinajstić information content (AvgIpc) is 2.35. The van der Waals surface area contributed by atoms with Gasteiger partial charge in [-0.15, -0.1) is 0 Å². The fraction of sp³-hybridized carbons (Fsp3) is 0.167. The smallest absolute Gasteiger partial charge is 0.278 e. The van der Waals surface area contributed by atoms with Crippen LogP contribution < -0.4 is 11.1 Å². The number of aryl methyl sites for hydroxylation is 1. The second-order valence-electron chi connectivity index (χ2n) is 4.08. The normalized spacial score (nSPS) is 10.4. The molecule has 0 atom stereocenters. The predicted octanol–water partition coefficient (Wildman–Crippen LogP) is 1.35. The standard InChI is InChI=1S/C12H12N4O3/c1-7-4-8-9(5-14-7)11(16(18)19)3-2-10(8)15-6-12(13)17/h2-5,15H,6H2,1H3,(H2,13,17). The number of rotatable bonds is 4. The van der Waals surface area contributed by atoms with Gasteiger partial charge in [-0.05, 0) is 19.1 Å². The van der Waals surface area contributed by atoms with Gasteiger partial charge in [0.2, 0.25) is 5.91 Å².